The zero-order chi connectivity index (χ0) is 34.4. The minimum atomic E-state index is -1.56. The first-order chi connectivity index (χ1) is 21.9. The van der Waals surface area contributed by atoms with Gasteiger partial charge in [0.25, 0.3) is 0 Å². The number of H-pyrrole nitrogens is 3. The Kier molecular flexibility index (Phi) is 6.68. The Morgan fingerprint density at radius 1 is 0.681 bits per heavy atom. The van der Waals surface area contributed by atoms with Gasteiger partial charge in [-0.05, 0) is 24.3 Å². The van der Waals surface area contributed by atoms with Crippen molar-refractivity contribution in [3.05, 3.63) is 67.5 Å². The molecule has 2 aliphatic rings. The van der Waals surface area contributed by atoms with Crippen LogP contribution in [-0.2, 0) is 19.2 Å². The fraction of sp³-hybridized carbons (Fsp3) is 0.129. The number of thioether (sulfide) groups is 1. The number of aromatic amines is 3. The van der Waals surface area contributed by atoms with Crippen LogP contribution in [0.5, 0.6) is 11.5 Å². The molecule has 238 valence electrons. The first-order valence-electron chi connectivity index (χ1n) is 13.5. The summed E-state index contributed by atoms with van der Waals surface area (Å²) in [5.41, 5.74) is -4.18. The number of phenols is 2. The van der Waals surface area contributed by atoms with Crippen LogP contribution in [0.4, 0.5) is 0 Å². The second-order valence-electron chi connectivity index (χ2n) is 11.6. The number of aromatic carboxylic acids is 3. The number of aromatic nitrogens is 3. The van der Waals surface area contributed by atoms with Gasteiger partial charge in [-0.3, -0.25) is 19.2 Å². The van der Waals surface area contributed by atoms with Crippen molar-refractivity contribution in [2.75, 3.05) is 0 Å². The average molecular weight is 660 g/mol. The summed E-state index contributed by atoms with van der Waals surface area (Å²) in [6, 6.07) is 3.05. The molecule has 0 atom stereocenters. The molecule has 0 saturated carbocycles. The van der Waals surface area contributed by atoms with Gasteiger partial charge in [-0.2, -0.15) is 0 Å². The number of hydrogen-bond donors (Lipinski definition) is 8. The number of rotatable bonds is 6. The molecule has 0 amide bonds. The van der Waals surface area contributed by atoms with E-state index in [1.165, 1.54) is 0 Å². The summed E-state index contributed by atoms with van der Waals surface area (Å²) in [6.07, 6.45) is 0.867. The zero-order valence-electron chi connectivity index (χ0n) is 24.3. The number of carboxylic acids is 3. The first kappa shape index (κ1) is 30.8. The maximum Gasteiger partial charge on any atom is 0.352 e. The van der Waals surface area contributed by atoms with Gasteiger partial charge in [-0.15, -0.1) is 11.8 Å². The van der Waals surface area contributed by atoms with Crippen molar-refractivity contribution in [3.63, 3.8) is 0 Å². The number of nitrogens with one attached hydrogen (secondary N) is 3. The highest BCUT2D eigenvalue weighted by Gasteiger charge is 2.39. The molecule has 3 aromatic heterocycles. The minimum Gasteiger partial charge on any atom is -0.504 e. The van der Waals surface area contributed by atoms with Gasteiger partial charge >= 0.3 is 17.9 Å². The third-order valence-electron chi connectivity index (χ3n) is 7.42. The fourth-order valence-corrected chi connectivity index (χ4v) is 6.64. The van der Waals surface area contributed by atoms with E-state index in [1.54, 1.807) is 20.8 Å². The van der Waals surface area contributed by atoms with Crippen molar-refractivity contribution in [3.8, 4) is 11.5 Å². The van der Waals surface area contributed by atoms with Gasteiger partial charge in [-0.1, -0.05) is 20.8 Å². The number of aromatic hydroxyl groups is 2. The van der Waals surface area contributed by atoms with Crippen LogP contribution in [0, 0.1) is 0 Å². The number of phenolic OH excluding ortho intramolecular Hbond substituents is 2. The summed E-state index contributed by atoms with van der Waals surface area (Å²) in [5, 5.41) is 51.3. The third kappa shape index (κ3) is 4.64. The minimum absolute atomic E-state index is 0.0490. The Labute approximate surface area is 264 Å². The largest absolute Gasteiger partial charge is 0.504 e. The number of carbonyl (C=O) groups excluding carboxylic acids is 4. The molecule has 2 aliphatic carbocycles. The van der Waals surface area contributed by atoms with Gasteiger partial charge in [0.15, 0.2) is 11.5 Å². The second kappa shape index (κ2) is 10.2. The first-order valence-corrected chi connectivity index (χ1v) is 14.3. The molecule has 1 aromatic carbocycles. The molecule has 15 nitrogen and oxygen atoms in total. The summed E-state index contributed by atoms with van der Waals surface area (Å²) < 4.78 is -0.629. The van der Waals surface area contributed by atoms with Gasteiger partial charge in [0.1, 0.15) is 17.1 Å². The van der Waals surface area contributed by atoms with Crippen LogP contribution in [0.3, 0.4) is 0 Å². The van der Waals surface area contributed by atoms with E-state index in [0.717, 1.165) is 36.0 Å². The molecule has 16 heteroatoms. The molecule has 3 heterocycles. The van der Waals surface area contributed by atoms with Crippen LogP contribution in [0.2, 0.25) is 0 Å². The van der Waals surface area contributed by atoms with Crippen molar-refractivity contribution in [1.29, 1.82) is 0 Å². The van der Waals surface area contributed by atoms with Gasteiger partial charge in [0, 0.05) is 31.7 Å². The van der Waals surface area contributed by atoms with E-state index in [9.17, 15) is 59.1 Å². The van der Waals surface area contributed by atoms with Gasteiger partial charge < -0.3 is 40.5 Å². The van der Waals surface area contributed by atoms with E-state index >= 15 is 0 Å². The summed E-state index contributed by atoms with van der Waals surface area (Å²) in [4.78, 5) is 96.7. The zero-order valence-corrected chi connectivity index (χ0v) is 25.1. The Morgan fingerprint density at radius 3 is 1.83 bits per heavy atom. The number of Topliss-reactive ketones (excluding diaryl/α,β-unsaturated/α-hetero) is 4. The number of carbonyl (C=O) groups is 7. The number of carboxylic acid groups (broad SMARTS) is 3. The molecule has 0 aliphatic heterocycles. The normalized spacial score (nSPS) is 14.8. The maximum atomic E-state index is 13.8. The lowest BCUT2D eigenvalue weighted by Crippen LogP contribution is -2.40. The smallest absolute Gasteiger partial charge is 0.352 e. The fourth-order valence-electron chi connectivity index (χ4n) is 5.58. The maximum absolute atomic E-state index is 13.8. The summed E-state index contributed by atoms with van der Waals surface area (Å²) in [6.45, 7) is 5.26. The van der Waals surface area contributed by atoms with E-state index in [4.69, 9.17) is 0 Å². The second-order valence-corrected chi connectivity index (χ2v) is 13.4. The molecule has 6 rings (SSSR count). The monoisotopic (exact) mass is 659 g/mol. The third-order valence-corrected chi connectivity index (χ3v) is 8.63. The molecule has 47 heavy (non-hydrogen) atoms. The predicted molar refractivity (Wildman–Crippen MR) is 163 cm³/mol. The van der Waals surface area contributed by atoms with Gasteiger partial charge in [0.05, 0.1) is 32.3 Å². The van der Waals surface area contributed by atoms with Crippen LogP contribution in [0.15, 0.2) is 18.2 Å². The number of ketones is 4. The van der Waals surface area contributed by atoms with Crippen LogP contribution in [0.25, 0.3) is 33.0 Å². The molecule has 8 N–H and O–H groups in total. The Bertz CT molecular complexity index is 2500. The van der Waals surface area contributed by atoms with E-state index < -0.39 is 96.6 Å². The molecular weight excluding hydrogens is 638 g/mol. The number of benzene rings is 1. The SMILES string of the molecule is CC(C)(C)SC1=c2[nH]c(C(=O)O)cc2=C(c2c(O)c(O)c(C3=c4[nH]c(C(=O)O)cc4=CC(=O)C3=O)c3cc(C(=O)O)[nH]c23)C(=O)C1=O. The van der Waals surface area contributed by atoms with Crippen molar-refractivity contribution < 1.29 is 59.1 Å². The molecule has 0 radical (unpaired) electrons. The van der Waals surface area contributed by atoms with Crippen molar-refractivity contribution in [1.82, 2.24) is 15.0 Å². The van der Waals surface area contributed by atoms with Gasteiger partial charge in [0.2, 0.25) is 23.1 Å². The van der Waals surface area contributed by atoms with Crippen LogP contribution >= 0.6 is 11.8 Å². The molecular formula is C31H21N3O12S. The van der Waals surface area contributed by atoms with E-state index in [2.05, 4.69) is 15.0 Å². The molecule has 0 spiro atoms. The molecule has 0 fully saturated rings. The number of fused-ring (bicyclic) bond motifs is 3. The highest BCUT2D eigenvalue weighted by atomic mass is 32.2. The Hall–Kier alpha value is -6.16. The van der Waals surface area contributed by atoms with Gasteiger partial charge in [-0.25, -0.2) is 14.4 Å². The van der Waals surface area contributed by atoms with E-state index in [-0.39, 0.29) is 36.9 Å². The van der Waals surface area contributed by atoms with Crippen LogP contribution in [0.1, 0.15) is 63.4 Å². The lowest BCUT2D eigenvalue weighted by Gasteiger charge is -2.22. The lowest BCUT2D eigenvalue weighted by atomic mass is 9.86. The Morgan fingerprint density at radius 2 is 1.23 bits per heavy atom. The predicted octanol–water partition coefficient (Wildman–Crippen LogP) is -0.548. The lowest BCUT2D eigenvalue weighted by molar-refractivity contribution is -0.129. The molecule has 4 aromatic rings. The van der Waals surface area contributed by atoms with E-state index in [0.29, 0.717) is 0 Å². The molecule has 0 saturated heterocycles. The standard InChI is InChI=1S/C31H21N3O12S/c1-31(2,3)47-27-21-10(7-13(34-21)30(45)46)16(24(38)26(27)40)18-20-9(6-12(33-20)29(43)44)15(23(37)25(18)39)17-19-8(5-14(35)22(17)36)4-11(32-19)28(41)42/h4-7,32-34,37,39H,1-3H3,(H,41,42)(H,43,44)(H,45,46). The van der Waals surface area contributed by atoms with Crippen LogP contribution < -0.4 is 21.1 Å². The highest BCUT2D eigenvalue weighted by Crippen LogP contribution is 2.46. The summed E-state index contributed by atoms with van der Waals surface area (Å²) >= 11 is 0.983. The van der Waals surface area contributed by atoms with Crippen molar-refractivity contribution >= 4 is 85.8 Å². The number of hydrogen-bond acceptors (Lipinski definition) is 10. The average Bonchev–Trinajstić information content (AvgIpc) is 3.71. The van der Waals surface area contributed by atoms with Crippen molar-refractivity contribution in [2.45, 2.75) is 25.5 Å². The molecule has 0 unspecified atom stereocenters. The highest BCUT2D eigenvalue weighted by molar-refractivity contribution is 8.10. The summed E-state index contributed by atoms with van der Waals surface area (Å²) in [5.74, 6) is -11.4. The Balaban J connectivity index is 1.83. The summed E-state index contributed by atoms with van der Waals surface area (Å²) in [7, 11) is 0. The van der Waals surface area contributed by atoms with Crippen molar-refractivity contribution in [2.24, 2.45) is 0 Å². The molecule has 0 bridgehead atoms. The van der Waals surface area contributed by atoms with Crippen LogP contribution in [-0.4, -0.2) is 86.3 Å². The van der Waals surface area contributed by atoms with E-state index in [1.807, 2.05) is 0 Å². The quantitative estimate of drug-likeness (QED) is 0.0955. The topological polar surface area (TPSA) is 268 Å².